The van der Waals surface area contributed by atoms with Gasteiger partial charge in [-0.1, -0.05) is 0 Å². The lowest BCUT2D eigenvalue weighted by atomic mass is 10.00. The summed E-state index contributed by atoms with van der Waals surface area (Å²) >= 11 is 0. The number of halogens is 4. The minimum atomic E-state index is -4.44. The van der Waals surface area contributed by atoms with Gasteiger partial charge in [-0.05, 0) is 49.9 Å². The predicted octanol–water partition coefficient (Wildman–Crippen LogP) is 2.26. The molecule has 2 amide bonds. The summed E-state index contributed by atoms with van der Waals surface area (Å²) in [5.41, 5.74) is -0.733. The number of rotatable bonds is 4. The Morgan fingerprint density at radius 1 is 1.08 bits per heavy atom. The van der Waals surface area contributed by atoms with E-state index in [0.717, 1.165) is 49.9 Å². The van der Waals surface area contributed by atoms with Crippen LogP contribution < -0.4 is 16.0 Å². The fraction of sp³-hybridized carbons (Fsp3) is 0.529. The van der Waals surface area contributed by atoms with Crippen LogP contribution in [0.2, 0.25) is 0 Å². The van der Waals surface area contributed by atoms with Gasteiger partial charge in [0.2, 0.25) is 5.91 Å². The lowest BCUT2D eigenvalue weighted by Gasteiger charge is -2.29. The van der Waals surface area contributed by atoms with Gasteiger partial charge < -0.3 is 16.0 Å². The molecule has 2 saturated heterocycles. The molecular weight excluding hydrogens is 371 g/mol. The number of carbonyl (C=O) groups is 2. The summed E-state index contributed by atoms with van der Waals surface area (Å²) < 4.78 is 37.5. The number of alkyl halides is 3. The van der Waals surface area contributed by atoms with Crippen molar-refractivity contribution in [3.8, 4) is 0 Å². The van der Waals surface area contributed by atoms with E-state index < -0.39 is 17.6 Å². The third kappa shape index (κ3) is 5.11. The van der Waals surface area contributed by atoms with Gasteiger partial charge in [-0.15, -0.1) is 12.4 Å². The summed E-state index contributed by atoms with van der Waals surface area (Å²) in [6.45, 7) is -0.195. The van der Waals surface area contributed by atoms with E-state index in [0.29, 0.717) is 12.1 Å². The fourth-order valence-electron chi connectivity index (χ4n) is 3.53. The van der Waals surface area contributed by atoms with Crippen molar-refractivity contribution in [3.63, 3.8) is 0 Å². The number of hydrogen-bond acceptors (Lipinski definition) is 3. The second-order valence-electron chi connectivity index (χ2n) is 6.63. The summed E-state index contributed by atoms with van der Waals surface area (Å²) in [5.74, 6) is -0.860. The van der Waals surface area contributed by atoms with Gasteiger partial charge in [-0.3, -0.25) is 9.59 Å². The Bertz CT molecular complexity index is 640. The first-order valence-corrected chi connectivity index (χ1v) is 8.32. The van der Waals surface area contributed by atoms with E-state index in [1.807, 2.05) is 0 Å². The normalized spacial score (nSPS) is 24.5. The van der Waals surface area contributed by atoms with E-state index in [1.165, 1.54) is 0 Å². The molecule has 0 aliphatic carbocycles. The monoisotopic (exact) mass is 391 g/mol. The maximum absolute atomic E-state index is 12.5. The van der Waals surface area contributed by atoms with Gasteiger partial charge in [0, 0.05) is 23.7 Å². The number of carbonyl (C=O) groups excluding carboxylic acids is 2. The summed E-state index contributed by atoms with van der Waals surface area (Å²) in [5, 5.41) is 8.83. The fourth-order valence-corrected chi connectivity index (χ4v) is 3.53. The van der Waals surface area contributed by atoms with Crippen LogP contribution in [0, 0.1) is 0 Å². The van der Waals surface area contributed by atoms with Crippen LogP contribution in [-0.4, -0.2) is 36.5 Å². The molecule has 1 aromatic carbocycles. The first-order chi connectivity index (χ1) is 11.8. The van der Waals surface area contributed by atoms with Gasteiger partial charge in [0.1, 0.15) is 0 Å². The van der Waals surface area contributed by atoms with Crippen molar-refractivity contribution in [2.45, 2.75) is 50.0 Å². The van der Waals surface area contributed by atoms with Crippen molar-refractivity contribution >= 4 is 24.2 Å². The third-order valence-corrected chi connectivity index (χ3v) is 4.72. The van der Waals surface area contributed by atoms with E-state index in [4.69, 9.17) is 0 Å². The quantitative estimate of drug-likeness (QED) is 0.737. The van der Waals surface area contributed by atoms with E-state index in [1.54, 1.807) is 0 Å². The van der Waals surface area contributed by atoms with Gasteiger partial charge in [-0.2, -0.15) is 13.2 Å². The average molecular weight is 392 g/mol. The zero-order valence-corrected chi connectivity index (χ0v) is 14.8. The number of hydrogen-bond donors (Lipinski definition) is 3. The van der Waals surface area contributed by atoms with Crippen LogP contribution in [0.15, 0.2) is 24.3 Å². The van der Waals surface area contributed by atoms with Crippen molar-refractivity contribution in [2.24, 2.45) is 0 Å². The molecule has 0 aromatic heterocycles. The van der Waals surface area contributed by atoms with Crippen molar-refractivity contribution in [1.29, 1.82) is 0 Å². The molecule has 1 aromatic rings. The summed E-state index contributed by atoms with van der Waals surface area (Å²) in [6, 6.07) is 4.89. The topological polar surface area (TPSA) is 70.2 Å². The molecule has 2 aliphatic rings. The number of nitrogens with one attached hydrogen (secondary N) is 3. The average Bonchev–Trinajstić information content (AvgIpc) is 2.90. The van der Waals surface area contributed by atoms with Gasteiger partial charge in [0.05, 0.1) is 12.1 Å². The Balaban J connectivity index is 0.00000243. The molecule has 0 saturated carbocycles. The molecule has 3 rings (SSSR count). The lowest BCUT2D eigenvalue weighted by molar-refractivity contribution is -0.137. The van der Waals surface area contributed by atoms with Crippen molar-refractivity contribution in [1.82, 2.24) is 16.0 Å². The largest absolute Gasteiger partial charge is 0.416 e. The highest BCUT2D eigenvalue weighted by Gasteiger charge is 2.34. The number of piperidine rings is 1. The van der Waals surface area contributed by atoms with Crippen LogP contribution in [0.25, 0.3) is 0 Å². The van der Waals surface area contributed by atoms with Crippen LogP contribution in [0.4, 0.5) is 13.2 Å². The zero-order chi connectivity index (χ0) is 18.0. The molecule has 2 atom stereocenters. The maximum Gasteiger partial charge on any atom is 0.416 e. The molecule has 2 heterocycles. The molecule has 0 spiro atoms. The van der Waals surface area contributed by atoms with Gasteiger partial charge in [0.25, 0.3) is 5.91 Å². The molecule has 2 fully saturated rings. The Labute approximate surface area is 155 Å². The Morgan fingerprint density at radius 3 is 2.19 bits per heavy atom. The first-order valence-electron chi connectivity index (χ1n) is 8.32. The lowest BCUT2D eigenvalue weighted by Crippen LogP contribution is -2.50. The van der Waals surface area contributed by atoms with Gasteiger partial charge in [-0.25, -0.2) is 0 Å². The molecule has 9 heteroatoms. The van der Waals surface area contributed by atoms with Crippen molar-refractivity contribution < 1.29 is 22.8 Å². The van der Waals surface area contributed by atoms with Crippen LogP contribution in [0.3, 0.4) is 0 Å². The number of benzene rings is 1. The van der Waals surface area contributed by atoms with E-state index in [9.17, 15) is 22.8 Å². The second-order valence-corrected chi connectivity index (χ2v) is 6.63. The van der Waals surface area contributed by atoms with E-state index in [2.05, 4.69) is 16.0 Å². The molecule has 2 aliphatic heterocycles. The Morgan fingerprint density at radius 2 is 1.65 bits per heavy atom. The summed E-state index contributed by atoms with van der Waals surface area (Å²) in [6.07, 6.45) is -0.420. The van der Waals surface area contributed by atoms with Crippen molar-refractivity contribution in [3.05, 3.63) is 35.4 Å². The Hall–Kier alpha value is -1.80. The van der Waals surface area contributed by atoms with Gasteiger partial charge in [0.15, 0.2) is 0 Å². The highest BCUT2D eigenvalue weighted by atomic mass is 35.5. The number of amides is 2. The second kappa shape index (κ2) is 8.26. The SMILES string of the molecule is Cl.O=C(CNC(=O)c1ccc(C(F)(F)F)cc1)NC1CC2CCC(C1)N2. The predicted molar refractivity (Wildman–Crippen MR) is 92.1 cm³/mol. The number of fused-ring (bicyclic) bond motifs is 2. The van der Waals surface area contributed by atoms with Crippen molar-refractivity contribution in [2.75, 3.05) is 6.54 Å². The van der Waals surface area contributed by atoms with E-state index in [-0.39, 0.29) is 36.5 Å². The molecule has 0 radical (unpaired) electrons. The highest BCUT2D eigenvalue weighted by Crippen LogP contribution is 2.29. The molecule has 2 bridgehead atoms. The molecule has 144 valence electrons. The minimum Gasteiger partial charge on any atom is -0.352 e. The molecule has 26 heavy (non-hydrogen) atoms. The highest BCUT2D eigenvalue weighted by molar-refractivity contribution is 5.96. The summed E-state index contributed by atoms with van der Waals surface area (Å²) in [4.78, 5) is 23.9. The standard InChI is InChI=1S/C17H20F3N3O2.ClH/c18-17(19,20)11-3-1-10(2-4-11)16(25)21-9-15(24)23-14-7-12-5-6-13(8-14)22-12;/h1-4,12-14,22H,5-9H2,(H,21,25)(H,23,24);1H. The van der Waals surface area contributed by atoms with Crippen LogP contribution >= 0.6 is 12.4 Å². The third-order valence-electron chi connectivity index (χ3n) is 4.72. The molecule has 5 nitrogen and oxygen atoms in total. The van der Waals surface area contributed by atoms with Crippen LogP contribution in [0.5, 0.6) is 0 Å². The molecular formula is C17H21ClF3N3O2. The first kappa shape index (κ1) is 20.5. The zero-order valence-electron chi connectivity index (χ0n) is 13.9. The van der Waals surface area contributed by atoms with Crippen LogP contribution in [0.1, 0.15) is 41.6 Å². The minimum absolute atomic E-state index is 0. The van der Waals surface area contributed by atoms with Gasteiger partial charge >= 0.3 is 6.18 Å². The summed E-state index contributed by atoms with van der Waals surface area (Å²) in [7, 11) is 0. The maximum atomic E-state index is 12.5. The smallest absolute Gasteiger partial charge is 0.352 e. The Kier molecular flexibility index (Phi) is 6.52. The molecule has 3 N–H and O–H groups in total. The molecule has 2 unspecified atom stereocenters. The van der Waals surface area contributed by atoms with Crippen LogP contribution in [-0.2, 0) is 11.0 Å². The van der Waals surface area contributed by atoms with E-state index >= 15 is 0 Å².